The highest BCUT2D eigenvalue weighted by atomic mass is 16.2. The number of benzene rings is 1. The minimum Gasteiger partial charge on any atom is -0.449 e. The Morgan fingerprint density at radius 2 is 1.75 bits per heavy atom. The predicted octanol–water partition coefficient (Wildman–Crippen LogP) is 0.282. The molecule has 3 nitrogen and oxygen atoms in total. The average molecular weight is 217 g/mol. The van der Waals surface area contributed by atoms with Gasteiger partial charge < -0.3 is 9.92 Å². The molecule has 4 heteroatoms. The number of carbonyl (C=O) groups is 1. The lowest BCUT2D eigenvalue weighted by molar-refractivity contribution is 0.0724. The summed E-state index contributed by atoms with van der Waals surface area (Å²) in [7, 11) is 0.0260. The van der Waals surface area contributed by atoms with Gasteiger partial charge in [0, 0.05) is 18.7 Å². The van der Waals surface area contributed by atoms with Gasteiger partial charge in [-0.3, -0.25) is 4.79 Å². The van der Waals surface area contributed by atoms with Crippen LogP contribution in [0.1, 0.15) is 29.6 Å². The fourth-order valence-corrected chi connectivity index (χ4v) is 2.03. The van der Waals surface area contributed by atoms with E-state index in [1.54, 1.807) is 24.3 Å². The third-order valence-corrected chi connectivity index (χ3v) is 3.03. The molecule has 0 atom stereocenters. The molecule has 1 aromatic carbocycles. The van der Waals surface area contributed by atoms with Crippen LogP contribution < -0.4 is 5.46 Å². The molecule has 1 aliphatic heterocycles. The third-order valence-electron chi connectivity index (χ3n) is 3.03. The molecule has 1 N–H and O–H groups in total. The van der Waals surface area contributed by atoms with Crippen molar-refractivity contribution in [3.05, 3.63) is 29.8 Å². The van der Waals surface area contributed by atoms with Crippen molar-refractivity contribution in [1.82, 2.24) is 4.90 Å². The Kier molecular flexibility index (Phi) is 3.62. The van der Waals surface area contributed by atoms with E-state index in [0.717, 1.165) is 37.0 Å². The lowest BCUT2D eigenvalue weighted by Gasteiger charge is -2.26. The molecule has 1 amide bonds. The summed E-state index contributed by atoms with van der Waals surface area (Å²) in [6.07, 6.45) is 3.45. The summed E-state index contributed by atoms with van der Waals surface area (Å²) in [5.74, 6) is 0.115. The molecule has 1 aromatic rings. The number of likely N-dealkylation sites (tertiary alicyclic amines) is 1. The standard InChI is InChI=1S/C12H16BNO2/c15-12(14-8-2-1-3-9-14)10-4-6-11(13-16)7-5-10/h4-7,13,16H,1-3,8-9H2. The highest BCUT2D eigenvalue weighted by Gasteiger charge is 2.17. The SMILES string of the molecule is O=C(c1ccc(BO)cc1)N1CCCCC1. The van der Waals surface area contributed by atoms with Crippen LogP contribution in [0.15, 0.2) is 24.3 Å². The van der Waals surface area contributed by atoms with Gasteiger partial charge in [-0.1, -0.05) is 17.6 Å². The first-order valence-corrected chi connectivity index (χ1v) is 5.80. The largest absolute Gasteiger partial charge is 0.449 e. The molecule has 2 rings (SSSR count). The Balaban J connectivity index is 2.07. The second-order valence-corrected chi connectivity index (χ2v) is 4.21. The van der Waals surface area contributed by atoms with E-state index in [1.807, 2.05) is 4.90 Å². The number of piperidine rings is 1. The second kappa shape index (κ2) is 5.17. The lowest BCUT2D eigenvalue weighted by atomic mass is 9.88. The van der Waals surface area contributed by atoms with E-state index in [0.29, 0.717) is 0 Å². The van der Waals surface area contributed by atoms with Gasteiger partial charge in [-0.2, -0.15) is 0 Å². The Morgan fingerprint density at radius 3 is 2.31 bits per heavy atom. The Morgan fingerprint density at radius 1 is 1.12 bits per heavy atom. The normalized spacial score (nSPS) is 15.9. The summed E-state index contributed by atoms with van der Waals surface area (Å²) in [6, 6.07) is 7.19. The van der Waals surface area contributed by atoms with Gasteiger partial charge in [0.05, 0.1) is 0 Å². The van der Waals surface area contributed by atoms with Crippen molar-refractivity contribution in [1.29, 1.82) is 0 Å². The van der Waals surface area contributed by atoms with E-state index in [2.05, 4.69) is 0 Å². The zero-order chi connectivity index (χ0) is 11.4. The molecule has 0 unspecified atom stereocenters. The van der Waals surface area contributed by atoms with Crippen molar-refractivity contribution in [2.24, 2.45) is 0 Å². The van der Waals surface area contributed by atoms with E-state index < -0.39 is 0 Å². The summed E-state index contributed by atoms with van der Waals surface area (Å²) in [6.45, 7) is 1.75. The number of hydrogen-bond acceptors (Lipinski definition) is 2. The van der Waals surface area contributed by atoms with Gasteiger partial charge in [0.15, 0.2) is 0 Å². The maximum Gasteiger partial charge on any atom is 0.304 e. The molecule has 0 aromatic heterocycles. The van der Waals surface area contributed by atoms with Gasteiger partial charge >= 0.3 is 7.48 Å². The van der Waals surface area contributed by atoms with Crippen LogP contribution in [0, 0.1) is 0 Å². The van der Waals surface area contributed by atoms with Crippen molar-refractivity contribution in [2.75, 3.05) is 13.1 Å². The summed E-state index contributed by atoms with van der Waals surface area (Å²) >= 11 is 0. The van der Waals surface area contributed by atoms with Gasteiger partial charge in [0.25, 0.3) is 5.91 Å². The molecular formula is C12H16BNO2. The molecule has 16 heavy (non-hydrogen) atoms. The first-order chi connectivity index (χ1) is 7.81. The van der Waals surface area contributed by atoms with E-state index in [9.17, 15) is 4.79 Å². The monoisotopic (exact) mass is 217 g/mol. The van der Waals surface area contributed by atoms with Crippen molar-refractivity contribution in [2.45, 2.75) is 19.3 Å². The molecule has 1 saturated heterocycles. The zero-order valence-electron chi connectivity index (χ0n) is 9.35. The molecule has 0 radical (unpaired) electrons. The molecule has 0 bridgehead atoms. The molecule has 1 aliphatic rings. The first-order valence-electron chi connectivity index (χ1n) is 5.80. The van der Waals surface area contributed by atoms with Crippen LogP contribution in [-0.4, -0.2) is 36.4 Å². The summed E-state index contributed by atoms with van der Waals surface area (Å²) in [5, 5.41) is 8.92. The van der Waals surface area contributed by atoms with E-state index >= 15 is 0 Å². The fourth-order valence-electron chi connectivity index (χ4n) is 2.03. The van der Waals surface area contributed by atoms with Gasteiger partial charge in [-0.25, -0.2) is 0 Å². The topological polar surface area (TPSA) is 40.5 Å². The lowest BCUT2D eigenvalue weighted by Crippen LogP contribution is -2.35. The number of hydrogen-bond donors (Lipinski definition) is 1. The summed E-state index contributed by atoms with van der Waals surface area (Å²) in [4.78, 5) is 14.0. The quantitative estimate of drug-likeness (QED) is 0.723. The maximum absolute atomic E-state index is 12.1. The molecule has 0 saturated carbocycles. The van der Waals surface area contributed by atoms with Crippen LogP contribution in [0.2, 0.25) is 0 Å². The summed E-state index contributed by atoms with van der Waals surface area (Å²) in [5.41, 5.74) is 1.56. The number of amides is 1. The van der Waals surface area contributed by atoms with Crippen LogP contribution >= 0.6 is 0 Å². The molecule has 84 valence electrons. The molecule has 0 spiro atoms. The van der Waals surface area contributed by atoms with Crippen LogP contribution in [-0.2, 0) is 0 Å². The van der Waals surface area contributed by atoms with Crippen molar-refractivity contribution in [3.8, 4) is 0 Å². The first kappa shape index (κ1) is 11.2. The number of rotatable bonds is 2. The van der Waals surface area contributed by atoms with Crippen LogP contribution in [0.25, 0.3) is 0 Å². The zero-order valence-corrected chi connectivity index (χ0v) is 9.35. The minimum absolute atomic E-state index is 0.0260. The van der Waals surface area contributed by atoms with Gasteiger partial charge in [-0.05, 0) is 31.4 Å². The Labute approximate surface area is 96.4 Å². The Hall–Kier alpha value is -1.29. The van der Waals surface area contributed by atoms with Crippen molar-refractivity contribution in [3.63, 3.8) is 0 Å². The fraction of sp³-hybridized carbons (Fsp3) is 0.417. The van der Waals surface area contributed by atoms with E-state index in [-0.39, 0.29) is 13.4 Å². The van der Waals surface area contributed by atoms with Gasteiger partial charge in [-0.15, -0.1) is 0 Å². The van der Waals surface area contributed by atoms with Gasteiger partial charge in [0.2, 0.25) is 0 Å². The average Bonchev–Trinajstić information content (AvgIpc) is 2.39. The minimum atomic E-state index is 0.0260. The second-order valence-electron chi connectivity index (χ2n) is 4.21. The third kappa shape index (κ3) is 2.45. The highest BCUT2D eigenvalue weighted by Crippen LogP contribution is 2.12. The Bertz CT molecular complexity index is 358. The number of carbonyl (C=O) groups excluding carboxylic acids is 1. The van der Waals surface area contributed by atoms with E-state index in [4.69, 9.17) is 5.02 Å². The molecule has 1 heterocycles. The predicted molar refractivity (Wildman–Crippen MR) is 65.2 cm³/mol. The van der Waals surface area contributed by atoms with Crippen LogP contribution in [0.5, 0.6) is 0 Å². The molecule has 1 fully saturated rings. The molecular weight excluding hydrogens is 201 g/mol. The van der Waals surface area contributed by atoms with Crippen LogP contribution in [0.4, 0.5) is 0 Å². The highest BCUT2D eigenvalue weighted by molar-refractivity contribution is 6.45. The maximum atomic E-state index is 12.1. The van der Waals surface area contributed by atoms with Gasteiger partial charge in [0.1, 0.15) is 0 Å². The number of nitrogens with zero attached hydrogens (tertiary/aromatic N) is 1. The molecule has 0 aliphatic carbocycles. The van der Waals surface area contributed by atoms with Crippen molar-refractivity contribution >= 4 is 18.9 Å². The van der Waals surface area contributed by atoms with E-state index in [1.165, 1.54) is 6.42 Å². The summed E-state index contributed by atoms with van der Waals surface area (Å²) < 4.78 is 0. The smallest absolute Gasteiger partial charge is 0.304 e. The van der Waals surface area contributed by atoms with Crippen molar-refractivity contribution < 1.29 is 9.82 Å². The van der Waals surface area contributed by atoms with Crippen LogP contribution in [0.3, 0.4) is 0 Å².